The number of unbranched alkanes of at least 4 members (excludes halogenated alkanes) is 3. The van der Waals surface area contributed by atoms with Crippen molar-refractivity contribution in [3.63, 3.8) is 0 Å². The minimum atomic E-state index is -2.25. The summed E-state index contributed by atoms with van der Waals surface area (Å²) < 4.78 is 67.3. The summed E-state index contributed by atoms with van der Waals surface area (Å²) in [7, 11) is 0. The molecule has 0 aromatic heterocycles. The Hall–Kier alpha value is -2.29. The normalized spacial score (nSPS) is 22.0. The Kier molecular flexibility index (Phi) is 7.89. The molecule has 1 aliphatic rings. The van der Waals surface area contributed by atoms with E-state index in [9.17, 15) is 36.6 Å². The van der Waals surface area contributed by atoms with Gasteiger partial charge in [-0.25, -0.2) is 22.0 Å². The number of Topliss-reactive ketones (excluding diaryl/α,β-unsaturated/α-hetero) is 1. The molecule has 0 saturated heterocycles. The first kappa shape index (κ1) is 23.0. The number of aliphatic hydroxyl groups excluding tert-OH is 1. The Morgan fingerprint density at radius 3 is 2.07 bits per heavy atom. The molecule has 0 radical (unpaired) electrons. The summed E-state index contributed by atoms with van der Waals surface area (Å²) in [6, 6.07) is 0. The zero-order valence-corrected chi connectivity index (χ0v) is 15.4. The van der Waals surface area contributed by atoms with Crippen LogP contribution in [-0.2, 0) is 9.59 Å². The summed E-state index contributed by atoms with van der Waals surface area (Å²) in [5.41, 5.74) is -1.09. The van der Waals surface area contributed by atoms with Crippen molar-refractivity contribution >= 4 is 17.8 Å². The van der Waals surface area contributed by atoms with Gasteiger partial charge in [0.1, 0.15) is 6.10 Å². The number of halogens is 5. The van der Waals surface area contributed by atoms with Crippen molar-refractivity contribution < 1.29 is 41.8 Å². The van der Waals surface area contributed by atoms with E-state index >= 15 is 0 Å². The molecule has 1 aliphatic carbocycles. The summed E-state index contributed by atoms with van der Waals surface area (Å²) in [5.74, 6) is -12.8. The minimum absolute atomic E-state index is 0.00554. The molecule has 9 heteroatoms. The van der Waals surface area contributed by atoms with Gasteiger partial charge < -0.3 is 10.2 Å². The van der Waals surface area contributed by atoms with E-state index in [1.165, 1.54) is 6.08 Å². The predicted molar refractivity (Wildman–Crippen MR) is 93.2 cm³/mol. The summed E-state index contributed by atoms with van der Waals surface area (Å²) in [6.07, 6.45) is 3.52. The minimum Gasteiger partial charge on any atom is -0.481 e. The van der Waals surface area contributed by atoms with E-state index in [1.54, 1.807) is 0 Å². The number of rotatable bonds is 9. The molecule has 4 nitrogen and oxygen atoms in total. The maximum Gasteiger partial charge on any atom is 0.303 e. The number of hydrogen-bond donors (Lipinski definition) is 2. The Labute approximate surface area is 164 Å². The molecule has 160 valence electrons. The molecule has 0 amide bonds. The van der Waals surface area contributed by atoms with Gasteiger partial charge in [0.05, 0.1) is 5.56 Å². The highest BCUT2D eigenvalue weighted by Gasteiger charge is 2.39. The van der Waals surface area contributed by atoms with Crippen LogP contribution in [0.3, 0.4) is 0 Å². The average Bonchev–Trinajstić information content (AvgIpc) is 2.94. The molecule has 29 heavy (non-hydrogen) atoms. The van der Waals surface area contributed by atoms with Crippen LogP contribution in [0.25, 0.3) is 6.08 Å². The van der Waals surface area contributed by atoms with Crippen LogP contribution in [0.2, 0.25) is 0 Å². The number of carboxylic acid groups (broad SMARTS) is 1. The maximum atomic E-state index is 13.8. The number of ketones is 1. The van der Waals surface area contributed by atoms with Gasteiger partial charge in [0.25, 0.3) is 0 Å². The van der Waals surface area contributed by atoms with E-state index in [2.05, 4.69) is 0 Å². The van der Waals surface area contributed by atoms with Gasteiger partial charge in [-0.1, -0.05) is 31.4 Å². The lowest BCUT2D eigenvalue weighted by atomic mass is 9.89. The Bertz CT molecular complexity index is 780. The second-order valence-corrected chi connectivity index (χ2v) is 7.11. The standard InChI is InChI=1S/C20H21F5O4/c21-15-12(16(22)18(24)19(25)17(15)23)8-7-10-9-13(26)20(29)11(10)5-3-1-2-4-6-14(27)28/h7-8,10-11,13,26H,1-6,9H2,(H,27,28)/t10-,11+,13+/m0/s1. The second-order valence-electron chi connectivity index (χ2n) is 7.11. The monoisotopic (exact) mass is 420 g/mol. The summed E-state index contributed by atoms with van der Waals surface area (Å²) in [5, 5.41) is 18.4. The van der Waals surface area contributed by atoms with Gasteiger partial charge in [-0.3, -0.25) is 9.59 Å². The molecular weight excluding hydrogens is 399 g/mol. The van der Waals surface area contributed by atoms with E-state index in [0.29, 0.717) is 32.1 Å². The molecule has 2 N–H and O–H groups in total. The fourth-order valence-electron chi connectivity index (χ4n) is 3.55. The fourth-order valence-corrected chi connectivity index (χ4v) is 3.55. The number of carboxylic acids is 1. The van der Waals surface area contributed by atoms with Gasteiger partial charge in [-0.05, 0) is 25.2 Å². The lowest BCUT2D eigenvalue weighted by molar-refractivity contribution is -0.137. The van der Waals surface area contributed by atoms with Gasteiger partial charge in [-0.2, -0.15) is 0 Å². The lowest BCUT2D eigenvalue weighted by Gasteiger charge is -2.14. The van der Waals surface area contributed by atoms with Crippen molar-refractivity contribution in [2.24, 2.45) is 11.8 Å². The molecule has 0 spiro atoms. The third-order valence-electron chi connectivity index (χ3n) is 5.12. The number of hydrogen-bond acceptors (Lipinski definition) is 3. The molecule has 2 rings (SSSR count). The maximum absolute atomic E-state index is 13.8. The van der Waals surface area contributed by atoms with Crippen molar-refractivity contribution in [3.05, 3.63) is 40.7 Å². The zero-order valence-electron chi connectivity index (χ0n) is 15.4. The summed E-state index contributed by atoms with van der Waals surface area (Å²) >= 11 is 0. The fraction of sp³-hybridized carbons (Fsp3) is 0.500. The molecule has 3 atom stereocenters. The first-order valence-corrected chi connectivity index (χ1v) is 9.28. The SMILES string of the molecule is O=C(O)CCCCCC[C@H]1C(=O)[C@H](O)C[C@@H]1C=Cc1c(F)c(F)c(F)c(F)c1F. The van der Waals surface area contributed by atoms with E-state index in [0.717, 1.165) is 6.08 Å². The van der Waals surface area contributed by atoms with Crippen LogP contribution in [0.1, 0.15) is 50.5 Å². The molecule has 0 aliphatic heterocycles. The van der Waals surface area contributed by atoms with Crippen molar-refractivity contribution in [3.8, 4) is 0 Å². The number of allylic oxidation sites excluding steroid dienone is 1. The predicted octanol–water partition coefficient (Wildman–Crippen LogP) is 4.39. The van der Waals surface area contributed by atoms with Gasteiger partial charge >= 0.3 is 5.97 Å². The molecule has 1 saturated carbocycles. The number of carbonyl (C=O) groups is 2. The van der Waals surface area contributed by atoms with Crippen molar-refractivity contribution in [1.82, 2.24) is 0 Å². The highest BCUT2D eigenvalue weighted by atomic mass is 19.2. The van der Waals surface area contributed by atoms with E-state index in [1.807, 2.05) is 0 Å². The molecular formula is C20H21F5O4. The van der Waals surface area contributed by atoms with Gasteiger partial charge in [-0.15, -0.1) is 0 Å². The quantitative estimate of drug-likeness (QED) is 0.269. The van der Waals surface area contributed by atoms with Crippen LogP contribution in [0.5, 0.6) is 0 Å². The number of aliphatic carboxylic acids is 1. The van der Waals surface area contributed by atoms with Gasteiger partial charge in [0.2, 0.25) is 5.82 Å². The third kappa shape index (κ3) is 5.41. The Balaban J connectivity index is 2.07. The molecule has 1 aromatic rings. The third-order valence-corrected chi connectivity index (χ3v) is 5.12. The van der Waals surface area contributed by atoms with E-state index in [4.69, 9.17) is 5.11 Å². The molecule has 1 aromatic carbocycles. The molecule has 0 bridgehead atoms. The number of aliphatic hydroxyl groups is 1. The number of benzene rings is 1. The largest absolute Gasteiger partial charge is 0.481 e. The van der Waals surface area contributed by atoms with Crippen LogP contribution >= 0.6 is 0 Å². The van der Waals surface area contributed by atoms with E-state index < -0.39 is 64.3 Å². The van der Waals surface area contributed by atoms with Crippen LogP contribution in [0, 0.1) is 40.9 Å². The van der Waals surface area contributed by atoms with Crippen LogP contribution < -0.4 is 0 Å². The zero-order chi connectivity index (χ0) is 21.7. The molecule has 0 unspecified atom stereocenters. The van der Waals surface area contributed by atoms with Crippen molar-refractivity contribution in [1.29, 1.82) is 0 Å². The summed E-state index contributed by atoms with van der Waals surface area (Å²) in [4.78, 5) is 22.6. The first-order chi connectivity index (χ1) is 13.6. The Morgan fingerprint density at radius 2 is 1.48 bits per heavy atom. The molecule has 1 fully saturated rings. The topological polar surface area (TPSA) is 74.6 Å². The van der Waals surface area contributed by atoms with Gasteiger partial charge in [0.15, 0.2) is 29.1 Å². The summed E-state index contributed by atoms with van der Waals surface area (Å²) in [6.45, 7) is 0. The van der Waals surface area contributed by atoms with E-state index in [-0.39, 0.29) is 12.8 Å². The van der Waals surface area contributed by atoms with Gasteiger partial charge in [0, 0.05) is 12.3 Å². The van der Waals surface area contributed by atoms with Crippen molar-refractivity contribution in [2.75, 3.05) is 0 Å². The lowest BCUT2D eigenvalue weighted by Crippen LogP contribution is -2.19. The second kappa shape index (κ2) is 9.96. The highest BCUT2D eigenvalue weighted by molar-refractivity contribution is 5.88. The van der Waals surface area contributed by atoms with Crippen LogP contribution in [-0.4, -0.2) is 28.1 Å². The average molecular weight is 420 g/mol. The number of carbonyl (C=O) groups excluding carboxylic acids is 1. The Morgan fingerprint density at radius 1 is 0.931 bits per heavy atom. The van der Waals surface area contributed by atoms with Crippen LogP contribution in [0.4, 0.5) is 22.0 Å². The van der Waals surface area contributed by atoms with Crippen molar-refractivity contribution in [2.45, 2.75) is 51.0 Å². The molecule has 0 heterocycles. The van der Waals surface area contributed by atoms with Crippen LogP contribution in [0.15, 0.2) is 6.08 Å². The smallest absolute Gasteiger partial charge is 0.303 e. The first-order valence-electron chi connectivity index (χ1n) is 9.28. The highest BCUT2D eigenvalue weighted by Crippen LogP contribution is 2.35.